The van der Waals surface area contributed by atoms with Gasteiger partial charge in [0.2, 0.25) is 0 Å². The molecule has 1 heterocycles. The topological polar surface area (TPSA) is 78.9 Å². The summed E-state index contributed by atoms with van der Waals surface area (Å²) in [5, 5.41) is 11.7. The van der Waals surface area contributed by atoms with Crippen LogP contribution in [0.5, 0.6) is 0 Å². The number of ether oxygens (including phenoxy) is 1. The lowest BCUT2D eigenvalue weighted by Gasteiger charge is -2.20. The molecule has 2 amide bonds. The van der Waals surface area contributed by atoms with Crippen molar-refractivity contribution in [3.8, 4) is 0 Å². The van der Waals surface area contributed by atoms with E-state index in [1.165, 1.54) is 16.7 Å². The van der Waals surface area contributed by atoms with Crippen LogP contribution in [-0.4, -0.2) is 59.4 Å². The molecule has 0 bridgehead atoms. The molecule has 0 radical (unpaired) electrons. The minimum absolute atomic E-state index is 0.300. The number of hydrogen-bond acceptors (Lipinski definition) is 4. The highest BCUT2D eigenvalue weighted by molar-refractivity contribution is 7.99. The van der Waals surface area contributed by atoms with Crippen molar-refractivity contribution in [2.45, 2.75) is 32.2 Å². The first-order valence-electron chi connectivity index (χ1n) is 6.59. The number of carboxylic acid groups (broad SMARTS) is 1. The summed E-state index contributed by atoms with van der Waals surface area (Å²) in [7, 11) is 0. The van der Waals surface area contributed by atoms with Crippen molar-refractivity contribution in [3.63, 3.8) is 0 Å². The van der Waals surface area contributed by atoms with Gasteiger partial charge in [0.15, 0.2) is 0 Å². The number of nitrogens with one attached hydrogen (secondary N) is 1. The summed E-state index contributed by atoms with van der Waals surface area (Å²) >= 11 is 1.46. The predicted octanol–water partition coefficient (Wildman–Crippen LogP) is 1.36. The number of nitrogens with zero attached hydrogens (tertiary/aromatic N) is 1. The summed E-state index contributed by atoms with van der Waals surface area (Å²) in [5.41, 5.74) is 0. The summed E-state index contributed by atoms with van der Waals surface area (Å²) in [6, 6.07) is -1.00. The van der Waals surface area contributed by atoms with Crippen LogP contribution in [0.2, 0.25) is 0 Å². The molecule has 1 saturated heterocycles. The van der Waals surface area contributed by atoms with E-state index in [1.807, 2.05) is 0 Å². The van der Waals surface area contributed by atoms with Gasteiger partial charge in [-0.1, -0.05) is 13.3 Å². The lowest BCUT2D eigenvalue weighted by Crippen LogP contribution is -2.47. The van der Waals surface area contributed by atoms with Crippen molar-refractivity contribution in [1.82, 2.24) is 10.2 Å². The van der Waals surface area contributed by atoms with Gasteiger partial charge in [-0.15, -0.1) is 11.8 Å². The molecule has 0 aromatic rings. The fourth-order valence-electron chi connectivity index (χ4n) is 1.67. The maximum atomic E-state index is 11.8. The van der Waals surface area contributed by atoms with Crippen molar-refractivity contribution >= 4 is 23.8 Å². The average Bonchev–Trinajstić information content (AvgIpc) is 2.87. The van der Waals surface area contributed by atoms with Crippen LogP contribution in [0.15, 0.2) is 0 Å². The molecule has 6 nitrogen and oxygen atoms in total. The molecule has 1 aliphatic rings. The number of hydrogen-bond donors (Lipinski definition) is 2. The first kappa shape index (κ1) is 16.1. The van der Waals surface area contributed by atoms with E-state index in [0.717, 1.165) is 25.9 Å². The van der Waals surface area contributed by atoms with Gasteiger partial charge in [-0.05, 0) is 12.8 Å². The Labute approximate surface area is 117 Å². The van der Waals surface area contributed by atoms with E-state index in [4.69, 9.17) is 9.84 Å². The molecule has 0 aliphatic carbocycles. The van der Waals surface area contributed by atoms with Crippen LogP contribution in [0.1, 0.15) is 26.2 Å². The van der Waals surface area contributed by atoms with E-state index < -0.39 is 12.0 Å². The standard InChI is InChI=1S/C12H22N2O4S/c1-2-3-6-18-7-4-5-13-12(17)14-9-19-8-10(14)11(15)16/h10H,2-9H2,1H3,(H,13,17)(H,15,16). The molecular weight excluding hydrogens is 268 g/mol. The normalized spacial score (nSPS) is 18.6. The Hall–Kier alpha value is -0.950. The quantitative estimate of drug-likeness (QED) is 0.660. The van der Waals surface area contributed by atoms with Crippen molar-refractivity contribution in [2.75, 3.05) is 31.4 Å². The molecule has 1 fully saturated rings. The highest BCUT2D eigenvalue weighted by atomic mass is 32.2. The maximum Gasteiger partial charge on any atom is 0.327 e. The monoisotopic (exact) mass is 290 g/mol. The number of aliphatic carboxylic acids is 1. The first-order chi connectivity index (χ1) is 9.16. The van der Waals surface area contributed by atoms with Gasteiger partial charge in [-0.3, -0.25) is 0 Å². The van der Waals surface area contributed by atoms with Gasteiger partial charge in [-0.25, -0.2) is 9.59 Å². The Morgan fingerprint density at radius 3 is 2.84 bits per heavy atom. The van der Waals surface area contributed by atoms with Gasteiger partial charge in [0.05, 0.1) is 5.88 Å². The number of unbranched alkanes of at least 4 members (excludes halogenated alkanes) is 1. The third kappa shape index (κ3) is 5.69. The van der Waals surface area contributed by atoms with Crippen molar-refractivity contribution in [3.05, 3.63) is 0 Å². The van der Waals surface area contributed by atoms with E-state index in [9.17, 15) is 9.59 Å². The molecule has 1 rings (SSSR count). The van der Waals surface area contributed by atoms with E-state index in [2.05, 4.69) is 12.2 Å². The second-order valence-corrected chi connectivity index (χ2v) is 5.37. The minimum atomic E-state index is -0.942. The molecule has 19 heavy (non-hydrogen) atoms. The SMILES string of the molecule is CCCCOCCCNC(=O)N1CSCC1C(=O)O. The van der Waals surface area contributed by atoms with Crippen LogP contribution < -0.4 is 5.32 Å². The van der Waals surface area contributed by atoms with Gasteiger partial charge < -0.3 is 20.1 Å². The van der Waals surface area contributed by atoms with Crippen molar-refractivity contribution < 1.29 is 19.4 Å². The predicted molar refractivity (Wildman–Crippen MR) is 74.3 cm³/mol. The van der Waals surface area contributed by atoms with E-state index in [-0.39, 0.29) is 6.03 Å². The first-order valence-corrected chi connectivity index (χ1v) is 7.75. The molecule has 0 saturated carbocycles. The number of carbonyl (C=O) groups is 2. The summed E-state index contributed by atoms with van der Waals surface area (Å²) in [4.78, 5) is 24.1. The zero-order valence-corrected chi connectivity index (χ0v) is 12.1. The van der Waals surface area contributed by atoms with Crippen LogP contribution in [0, 0.1) is 0 Å². The van der Waals surface area contributed by atoms with Crippen LogP contribution >= 0.6 is 11.8 Å². The molecule has 1 atom stereocenters. The van der Waals surface area contributed by atoms with E-state index >= 15 is 0 Å². The minimum Gasteiger partial charge on any atom is -0.480 e. The van der Waals surface area contributed by atoms with Gasteiger partial charge in [0, 0.05) is 25.5 Å². The fraction of sp³-hybridized carbons (Fsp3) is 0.833. The lowest BCUT2D eigenvalue weighted by atomic mass is 10.3. The van der Waals surface area contributed by atoms with Gasteiger partial charge in [0.1, 0.15) is 6.04 Å². The number of carbonyl (C=O) groups excluding carboxylic acids is 1. The van der Waals surface area contributed by atoms with Crippen molar-refractivity contribution in [1.29, 1.82) is 0 Å². The van der Waals surface area contributed by atoms with E-state index in [0.29, 0.717) is 24.8 Å². The van der Waals surface area contributed by atoms with Crippen LogP contribution in [0.4, 0.5) is 4.79 Å². The fourth-order valence-corrected chi connectivity index (χ4v) is 2.81. The Bertz CT molecular complexity index is 301. The number of rotatable bonds is 8. The zero-order chi connectivity index (χ0) is 14.1. The molecule has 0 aromatic heterocycles. The van der Waals surface area contributed by atoms with Crippen LogP contribution in [-0.2, 0) is 9.53 Å². The van der Waals surface area contributed by atoms with Gasteiger partial charge in [0.25, 0.3) is 0 Å². The summed E-state index contributed by atoms with van der Waals surface area (Å²) in [6.45, 7) is 4.00. The maximum absolute atomic E-state index is 11.8. The number of carboxylic acids is 1. The Morgan fingerprint density at radius 2 is 2.16 bits per heavy atom. The molecule has 1 unspecified atom stereocenters. The van der Waals surface area contributed by atoms with Crippen LogP contribution in [0.25, 0.3) is 0 Å². The largest absolute Gasteiger partial charge is 0.480 e. The van der Waals surface area contributed by atoms with Gasteiger partial charge in [-0.2, -0.15) is 0 Å². The Kier molecular flexibility index (Phi) is 7.66. The molecule has 0 aromatic carbocycles. The highest BCUT2D eigenvalue weighted by Gasteiger charge is 2.34. The van der Waals surface area contributed by atoms with Crippen LogP contribution in [0.3, 0.4) is 0 Å². The Balaban J connectivity index is 2.12. The molecule has 1 aliphatic heterocycles. The smallest absolute Gasteiger partial charge is 0.327 e. The second kappa shape index (κ2) is 9.03. The second-order valence-electron chi connectivity index (χ2n) is 4.38. The lowest BCUT2D eigenvalue weighted by molar-refractivity contribution is -0.140. The molecule has 110 valence electrons. The molecular formula is C12H22N2O4S. The molecule has 2 N–H and O–H groups in total. The Morgan fingerprint density at radius 1 is 1.42 bits per heavy atom. The summed E-state index contributed by atoms with van der Waals surface area (Å²) in [5.74, 6) is -0.0402. The number of urea groups is 1. The average molecular weight is 290 g/mol. The summed E-state index contributed by atoms with van der Waals surface area (Å²) < 4.78 is 5.38. The number of amides is 2. The summed E-state index contributed by atoms with van der Waals surface area (Å²) in [6.07, 6.45) is 2.91. The number of thioether (sulfide) groups is 1. The van der Waals surface area contributed by atoms with E-state index in [1.54, 1.807) is 0 Å². The highest BCUT2D eigenvalue weighted by Crippen LogP contribution is 2.20. The zero-order valence-electron chi connectivity index (χ0n) is 11.3. The van der Waals surface area contributed by atoms with Crippen molar-refractivity contribution in [2.24, 2.45) is 0 Å². The molecule has 7 heteroatoms. The molecule has 0 spiro atoms. The van der Waals surface area contributed by atoms with Gasteiger partial charge >= 0.3 is 12.0 Å². The third-order valence-electron chi connectivity index (χ3n) is 2.81. The third-order valence-corrected chi connectivity index (χ3v) is 3.82.